The molecule has 0 spiro atoms. The molecule has 0 amide bonds. The maximum Gasteiger partial charge on any atom is 0.513 e. The number of nitrogens with one attached hydrogen (secondary N) is 1. The number of carboxylic acids is 1. The van der Waals surface area contributed by atoms with Crippen molar-refractivity contribution in [2.75, 3.05) is 0 Å². The zero-order valence-electron chi connectivity index (χ0n) is 15.7. The molecule has 0 aliphatic carbocycles. The quantitative estimate of drug-likeness (QED) is 0.240. The fourth-order valence-corrected chi connectivity index (χ4v) is 3.89. The first-order valence-electron chi connectivity index (χ1n) is 8.51. The van der Waals surface area contributed by atoms with Crippen LogP contribution in [0.1, 0.15) is 20.3 Å². The number of hydrogen-bond donors (Lipinski definition) is 2. The van der Waals surface area contributed by atoms with Gasteiger partial charge in [-0.1, -0.05) is 32.0 Å². The van der Waals surface area contributed by atoms with E-state index in [1.807, 2.05) is 5.09 Å². The summed E-state index contributed by atoms with van der Waals surface area (Å²) in [5.74, 6) is -15.6. The van der Waals surface area contributed by atoms with Crippen LogP contribution in [0, 0.1) is 35.0 Å². The predicted octanol–water partition coefficient (Wildman–Crippen LogP) is 5.04. The minimum absolute atomic E-state index is 0.113. The van der Waals surface area contributed by atoms with E-state index in [1.165, 1.54) is 24.3 Å². The van der Waals surface area contributed by atoms with Crippen LogP contribution in [-0.2, 0) is 9.36 Å². The van der Waals surface area contributed by atoms with Crippen LogP contribution in [-0.4, -0.2) is 17.1 Å². The molecule has 0 heterocycles. The van der Waals surface area contributed by atoms with E-state index in [0.717, 1.165) is 0 Å². The van der Waals surface area contributed by atoms with Crippen LogP contribution in [0.4, 0.5) is 22.0 Å². The lowest BCUT2D eigenvalue weighted by molar-refractivity contribution is -0.139. The van der Waals surface area contributed by atoms with Gasteiger partial charge in [-0.05, 0) is 24.5 Å². The molecule has 0 radical (unpaired) electrons. The molecule has 0 fully saturated rings. The highest BCUT2D eigenvalue weighted by Crippen LogP contribution is 2.47. The molecule has 2 rings (SSSR count). The Morgan fingerprint density at radius 2 is 1.47 bits per heavy atom. The molecule has 2 aromatic rings. The maximum atomic E-state index is 14.0. The molecule has 1 unspecified atom stereocenters. The van der Waals surface area contributed by atoms with Gasteiger partial charge in [0, 0.05) is 0 Å². The second-order valence-electron chi connectivity index (χ2n) is 6.54. The molecule has 30 heavy (non-hydrogen) atoms. The Bertz CT molecular complexity index is 944. The molecule has 0 saturated heterocycles. The lowest BCUT2D eigenvalue weighted by Crippen LogP contribution is -2.38. The van der Waals surface area contributed by atoms with Crippen LogP contribution in [0.5, 0.6) is 11.5 Å². The average molecular weight is 453 g/mol. The summed E-state index contributed by atoms with van der Waals surface area (Å²) >= 11 is 0. The van der Waals surface area contributed by atoms with E-state index in [-0.39, 0.29) is 18.1 Å². The largest absolute Gasteiger partial charge is 0.513 e. The number of rotatable bonds is 9. The summed E-state index contributed by atoms with van der Waals surface area (Å²) in [5.41, 5.74) is 0. The zero-order chi connectivity index (χ0) is 22.6. The number of halogens is 5. The minimum atomic E-state index is -5.00. The van der Waals surface area contributed by atoms with Crippen LogP contribution in [0.15, 0.2) is 30.3 Å². The van der Waals surface area contributed by atoms with Gasteiger partial charge in [0.05, 0.1) is 0 Å². The third-order valence-electron chi connectivity index (χ3n) is 3.67. The van der Waals surface area contributed by atoms with Crippen molar-refractivity contribution >= 4 is 13.7 Å². The molecule has 2 atom stereocenters. The Hall–Kier alpha value is -2.65. The van der Waals surface area contributed by atoms with Crippen LogP contribution in [0.25, 0.3) is 0 Å². The number of benzene rings is 2. The van der Waals surface area contributed by atoms with E-state index < -0.39 is 54.6 Å². The van der Waals surface area contributed by atoms with Crippen molar-refractivity contribution in [2.24, 2.45) is 5.92 Å². The molecule has 0 bridgehead atoms. The summed E-state index contributed by atoms with van der Waals surface area (Å²) in [6.45, 7) is 3.29. The van der Waals surface area contributed by atoms with Gasteiger partial charge in [0.25, 0.3) is 0 Å². The van der Waals surface area contributed by atoms with Crippen molar-refractivity contribution in [2.45, 2.75) is 26.3 Å². The molecule has 0 aliphatic heterocycles. The van der Waals surface area contributed by atoms with Gasteiger partial charge >= 0.3 is 13.7 Å². The van der Waals surface area contributed by atoms with Crippen molar-refractivity contribution in [1.82, 2.24) is 5.09 Å². The second kappa shape index (κ2) is 9.44. The summed E-state index contributed by atoms with van der Waals surface area (Å²) in [6.07, 6.45) is -0.113. The van der Waals surface area contributed by atoms with Gasteiger partial charge in [-0.15, -0.1) is 0 Å². The molecule has 0 aliphatic rings. The molecule has 6 nitrogen and oxygen atoms in total. The second-order valence-corrected chi connectivity index (χ2v) is 8.16. The first-order valence-corrected chi connectivity index (χ1v) is 10.1. The van der Waals surface area contributed by atoms with E-state index in [9.17, 15) is 36.4 Å². The van der Waals surface area contributed by atoms with Crippen LogP contribution >= 0.6 is 7.75 Å². The molecule has 0 aromatic heterocycles. The van der Waals surface area contributed by atoms with Crippen molar-refractivity contribution in [3.63, 3.8) is 0 Å². The third-order valence-corrected chi connectivity index (χ3v) is 5.17. The highest BCUT2D eigenvalue weighted by Gasteiger charge is 2.39. The lowest BCUT2D eigenvalue weighted by atomic mass is 10.1. The van der Waals surface area contributed by atoms with Gasteiger partial charge in [0.1, 0.15) is 11.8 Å². The van der Waals surface area contributed by atoms with Gasteiger partial charge < -0.3 is 14.2 Å². The standard InChI is InChI=1S/C18H17F5NO5P/c1-9(2)8-11(18(25)26)24-30(27,28-10-6-4-3-5-7-10)29-17-15(22)13(20)12(19)14(21)16(17)23/h3-7,9,11H,8H2,1-2H3,(H,24,27)(H,25,26)/t11?,30-/m0/s1. The van der Waals surface area contributed by atoms with Crippen molar-refractivity contribution in [3.05, 3.63) is 59.4 Å². The van der Waals surface area contributed by atoms with Gasteiger partial charge in [-0.25, -0.2) is 17.7 Å². The Labute approximate surface area is 168 Å². The molecule has 2 aromatic carbocycles. The van der Waals surface area contributed by atoms with Crippen molar-refractivity contribution < 1.29 is 45.5 Å². The highest BCUT2D eigenvalue weighted by atomic mass is 31.2. The van der Waals surface area contributed by atoms with E-state index in [1.54, 1.807) is 19.9 Å². The minimum Gasteiger partial charge on any atom is -0.480 e. The predicted molar refractivity (Wildman–Crippen MR) is 95.6 cm³/mol. The zero-order valence-corrected chi connectivity index (χ0v) is 16.6. The van der Waals surface area contributed by atoms with Crippen molar-refractivity contribution in [1.29, 1.82) is 0 Å². The first-order chi connectivity index (χ1) is 13.9. The molecule has 0 saturated carbocycles. The Balaban J connectivity index is 2.52. The summed E-state index contributed by atoms with van der Waals surface area (Å²) in [6, 6.07) is 5.35. The van der Waals surface area contributed by atoms with E-state index in [4.69, 9.17) is 4.52 Å². The normalized spacial score (nSPS) is 14.3. The topological polar surface area (TPSA) is 84.9 Å². The van der Waals surface area contributed by atoms with Gasteiger partial charge in [-0.2, -0.15) is 13.9 Å². The van der Waals surface area contributed by atoms with Gasteiger partial charge in [0.15, 0.2) is 0 Å². The van der Waals surface area contributed by atoms with Crippen molar-refractivity contribution in [3.8, 4) is 11.5 Å². The number of carboxylic acid groups (broad SMARTS) is 1. The fraction of sp³-hybridized carbons (Fsp3) is 0.278. The summed E-state index contributed by atoms with van der Waals surface area (Å²) in [4.78, 5) is 11.5. The smallest absolute Gasteiger partial charge is 0.480 e. The lowest BCUT2D eigenvalue weighted by Gasteiger charge is -2.25. The Morgan fingerprint density at radius 3 is 1.93 bits per heavy atom. The SMILES string of the molecule is CC(C)CC(N[P@](=O)(Oc1ccccc1)Oc1c(F)c(F)c(F)c(F)c1F)C(=O)O. The molecule has 164 valence electrons. The van der Waals surface area contributed by atoms with Crippen LogP contribution in [0.2, 0.25) is 0 Å². The Kier molecular flexibility index (Phi) is 7.44. The molecular weight excluding hydrogens is 436 g/mol. The monoisotopic (exact) mass is 453 g/mol. The van der Waals surface area contributed by atoms with Crippen LogP contribution in [0.3, 0.4) is 0 Å². The Morgan fingerprint density at radius 1 is 0.967 bits per heavy atom. The summed E-state index contributed by atoms with van der Waals surface area (Å²) < 4.78 is 91.1. The van der Waals surface area contributed by atoms with Gasteiger partial charge in [-0.3, -0.25) is 4.79 Å². The highest BCUT2D eigenvalue weighted by molar-refractivity contribution is 7.52. The average Bonchev–Trinajstić information content (AvgIpc) is 2.68. The number of carbonyl (C=O) groups is 1. The molecule has 12 heteroatoms. The fourth-order valence-electron chi connectivity index (χ4n) is 2.35. The summed E-state index contributed by atoms with van der Waals surface area (Å²) in [5, 5.41) is 11.3. The first kappa shape index (κ1) is 23.6. The third kappa shape index (κ3) is 5.48. The number of aliphatic carboxylic acids is 1. The van der Waals surface area contributed by atoms with E-state index in [0.29, 0.717) is 0 Å². The van der Waals surface area contributed by atoms with E-state index in [2.05, 4.69) is 4.52 Å². The van der Waals surface area contributed by atoms with Crippen LogP contribution < -0.4 is 14.1 Å². The molecule has 2 N–H and O–H groups in total. The number of hydrogen-bond acceptors (Lipinski definition) is 4. The molecular formula is C18H17F5NO5P. The maximum absolute atomic E-state index is 14.0. The number of para-hydroxylation sites is 1. The van der Waals surface area contributed by atoms with E-state index >= 15 is 0 Å². The summed E-state index contributed by atoms with van der Waals surface area (Å²) in [7, 11) is -5.00. The van der Waals surface area contributed by atoms with Gasteiger partial charge in [0.2, 0.25) is 34.8 Å².